The molecule has 1 aromatic heterocycles. The lowest BCUT2D eigenvalue weighted by Gasteiger charge is -2.07. The summed E-state index contributed by atoms with van der Waals surface area (Å²) in [5.74, 6) is 0. The van der Waals surface area contributed by atoms with Gasteiger partial charge in [-0.05, 0) is 45.9 Å². The maximum Gasteiger partial charge on any atom is 0.0489 e. The molecule has 0 atom stereocenters. The van der Waals surface area contributed by atoms with Gasteiger partial charge in [0.25, 0.3) is 0 Å². The predicted octanol–water partition coefficient (Wildman–Crippen LogP) is 5.32. The first-order valence-electron chi connectivity index (χ1n) is 8.62. The zero-order chi connectivity index (χ0) is 15.8. The van der Waals surface area contributed by atoms with Crippen LogP contribution in [0.2, 0.25) is 0 Å². The third-order valence-corrected chi connectivity index (χ3v) is 5.92. The highest BCUT2D eigenvalue weighted by molar-refractivity contribution is 6.06. The van der Waals surface area contributed by atoms with E-state index in [0.717, 1.165) is 12.8 Å². The highest BCUT2D eigenvalue weighted by Gasteiger charge is 2.29. The van der Waals surface area contributed by atoms with Crippen molar-refractivity contribution < 1.29 is 0 Å². The van der Waals surface area contributed by atoms with Crippen LogP contribution in [0.25, 0.3) is 33.2 Å². The van der Waals surface area contributed by atoms with Crippen LogP contribution in [0.4, 0.5) is 0 Å². The molecule has 1 heterocycles. The van der Waals surface area contributed by atoms with Gasteiger partial charge in [0.05, 0.1) is 0 Å². The first-order valence-corrected chi connectivity index (χ1v) is 8.62. The zero-order valence-corrected chi connectivity index (χ0v) is 13.6. The lowest BCUT2D eigenvalue weighted by Crippen LogP contribution is -1.94. The van der Waals surface area contributed by atoms with Crippen molar-refractivity contribution in [3.05, 3.63) is 83.0 Å². The molecule has 0 bridgehead atoms. The summed E-state index contributed by atoms with van der Waals surface area (Å²) in [6.07, 6.45) is 2.11. The molecule has 0 N–H and O–H groups in total. The monoisotopic (exact) mass is 307 g/mol. The molecular weight excluding hydrogens is 290 g/mol. The van der Waals surface area contributed by atoms with E-state index >= 15 is 0 Å². The van der Waals surface area contributed by atoms with Crippen LogP contribution >= 0.6 is 0 Å². The number of fused-ring (bicyclic) bond motifs is 9. The van der Waals surface area contributed by atoms with E-state index in [4.69, 9.17) is 0 Å². The second-order valence-electron chi connectivity index (χ2n) is 7.03. The number of benzene rings is 3. The van der Waals surface area contributed by atoms with E-state index in [-0.39, 0.29) is 0 Å². The lowest BCUT2D eigenvalue weighted by atomic mass is 9.97. The highest BCUT2D eigenvalue weighted by atomic mass is 15.0. The third kappa shape index (κ3) is 1.37. The second-order valence-corrected chi connectivity index (χ2v) is 7.03. The maximum atomic E-state index is 2.41. The van der Waals surface area contributed by atoms with Gasteiger partial charge in [-0.15, -0.1) is 0 Å². The molecule has 0 saturated heterocycles. The third-order valence-electron chi connectivity index (χ3n) is 5.92. The molecule has 1 nitrogen and oxygen atoms in total. The largest absolute Gasteiger partial charge is 0.347 e. The van der Waals surface area contributed by atoms with Crippen LogP contribution in [-0.4, -0.2) is 4.57 Å². The standard InChI is InChI=1S/C23H17N/c1-24-20-11-10-18-16-8-4-2-6-14(16)12-19(18)23(20)22-17-9-5-3-7-15(17)13-21(22)24/h2-11H,12-13H2,1H3. The van der Waals surface area contributed by atoms with Crippen molar-refractivity contribution in [2.45, 2.75) is 12.8 Å². The molecule has 0 aliphatic heterocycles. The first kappa shape index (κ1) is 12.6. The van der Waals surface area contributed by atoms with Gasteiger partial charge in [0.2, 0.25) is 0 Å². The van der Waals surface area contributed by atoms with Crippen molar-refractivity contribution in [2.24, 2.45) is 7.05 Å². The minimum atomic E-state index is 1.05. The summed E-state index contributed by atoms with van der Waals surface area (Å²) in [4.78, 5) is 0. The molecule has 114 valence electrons. The smallest absolute Gasteiger partial charge is 0.0489 e. The van der Waals surface area contributed by atoms with Gasteiger partial charge in [-0.25, -0.2) is 0 Å². The maximum absolute atomic E-state index is 2.41. The van der Waals surface area contributed by atoms with Gasteiger partial charge in [0.1, 0.15) is 0 Å². The minimum Gasteiger partial charge on any atom is -0.347 e. The summed E-state index contributed by atoms with van der Waals surface area (Å²) >= 11 is 0. The van der Waals surface area contributed by atoms with Gasteiger partial charge in [0.15, 0.2) is 0 Å². The Hall–Kier alpha value is -2.80. The van der Waals surface area contributed by atoms with Gasteiger partial charge in [-0.2, -0.15) is 0 Å². The highest BCUT2D eigenvalue weighted by Crippen LogP contribution is 2.48. The molecule has 3 aromatic carbocycles. The number of aromatic nitrogens is 1. The van der Waals surface area contributed by atoms with Crippen LogP contribution in [-0.2, 0) is 19.9 Å². The molecule has 4 aromatic rings. The lowest BCUT2D eigenvalue weighted by molar-refractivity contribution is 0.894. The van der Waals surface area contributed by atoms with E-state index in [9.17, 15) is 0 Å². The van der Waals surface area contributed by atoms with E-state index in [1.807, 2.05) is 0 Å². The molecule has 6 rings (SSSR count). The molecule has 2 aliphatic rings. The van der Waals surface area contributed by atoms with E-state index in [1.165, 1.54) is 55.5 Å². The van der Waals surface area contributed by atoms with Gasteiger partial charge in [-0.1, -0.05) is 54.6 Å². The van der Waals surface area contributed by atoms with E-state index < -0.39 is 0 Å². The summed E-state index contributed by atoms with van der Waals surface area (Å²) in [6.45, 7) is 0. The topological polar surface area (TPSA) is 4.93 Å². The summed E-state index contributed by atoms with van der Waals surface area (Å²) in [7, 11) is 2.22. The van der Waals surface area contributed by atoms with Crippen LogP contribution in [0, 0.1) is 0 Å². The molecule has 0 fully saturated rings. The van der Waals surface area contributed by atoms with E-state index in [2.05, 4.69) is 72.3 Å². The van der Waals surface area contributed by atoms with Gasteiger partial charge < -0.3 is 4.57 Å². The predicted molar refractivity (Wildman–Crippen MR) is 99.4 cm³/mol. The quantitative estimate of drug-likeness (QED) is 0.358. The van der Waals surface area contributed by atoms with Crippen molar-refractivity contribution in [1.82, 2.24) is 4.57 Å². The molecule has 0 spiro atoms. The van der Waals surface area contributed by atoms with Crippen LogP contribution in [0.15, 0.2) is 60.7 Å². The van der Waals surface area contributed by atoms with Crippen LogP contribution in [0.1, 0.15) is 22.4 Å². The first-order chi connectivity index (χ1) is 11.8. The summed E-state index contributed by atoms with van der Waals surface area (Å²) in [5.41, 5.74) is 13.0. The Morgan fingerprint density at radius 2 is 1.42 bits per heavy atom. The molecule has 24 heavy (non-hydrogen) atoms. The molecular formula is C23H17N. The summed E-state index contributed by atoms with van der Waals surface area (Å²) in [6, 6.07) is 22.4. The van der Waals surface area contributed by atoms with Crippen molar-refractivity contribution in [3.63, 3.8) is 0 Å². The fourth-order valence-electron chi connectivity index (χ4n) is 4.81. The van der Waals surface area contributed by atoms with Crippen molar-refractivity contribution >= 4 is 10.9 Å². The second kappa shape index (κ2) is 4.18. The number of aryl methyl sites for hydroxylation is 1. The summed E-state index contributed by atoms with van der Waals surface area (Å²) in [5, 5.41) is 1.48. The molecule has 0 amide bonds. The van der Waals surface area contributed by atoms with Crippen molar-refractivity contribution in [2.75, 3.05) is 0 Å². The number of hydrogen-bond acceptors (Lipinski definition) is 0. The van der Waals surface area contributed by atoms with Crippen LogP contribution in [0.5, 0.6) is 0 Å². The number of rotatable bonds is 0. The van der Waals surface area contributed by atoms with Crippen molar-refractivity contribution in [1.29, 1.82) is 0 Å². The van der Waals surface area contributed by atoms with E-state index in [1.54, 1.807) is 0 Å². The van der Waals surface area contributed by atoms with E-state index in [0.29, 0.717) is 0 Å². The van der Waals surface area contributed by atoms with Gasteiger partial charge >= 0.3 is 0 Å². The average Bonchev–Trinajstić information content (AvgIpc) is 3.25. The SMILES string of the molecule is Cn1c2c(c3c4c(ccc31)-c1ccccc1C4)-c1ccccc1C2. The number of nitrogens with zero attached hydrogens (tertiary/aromatic N) is 1. The molecule has 1 heteroatoms. The van der Waals surface area contributed by atoms with Crippen molar-refractivity contribution in [3.8, 4) is 22.3 Å². The molecule has 2 aliphatic carbocycles. The zero-order valence-electron chi connectivity index (χ0n) is 13.6. The Morgan fingerprint density at radius 3 is 2.25 bits per heavy atom. The number of hydrogen-bond donors (Lipinski definition) is 0. The average molecular weight is 307 g/mol. The Morgan fingerprint density at radius 1 is 0.708 bits per heavy atom. The molecule has 0 saturated carbocycles. The van der Waals surface area contributed by atoms with Crippen LogP contribution < -0.4 is 0 Å². The Balaban J connectivity index is 1.76. The fraction of sp³-hybridized carbons (Fsp3) is 0.130. The Kier molecular flexibility index (Phi) is 2.20. The fourth-order valence-corrected chi connectivity index (χ4v) is 4.81. The molecule has 0 radical (unpaired) electrons. The Bertz CT molecular complexity index is 1160. The summed E-state index contributed by atoms with van der Waals surface area (Å²) < 4.78 is 2.41. The minimum absolute atomic E-state index is 1.05. The normalized spacial score (nSPS) is 13.7. The Labute approximate surface area is 141 Å². The molecule has 0 unspecified atom stereocenters. The van der Waals surface area contributed by atoms with Gasteiger partial charge in [-0.3, -0.25) is 0 Å². The van der Waals surface area contributed by atoms with Crippen LogP contribution in [0.3, 0.4) is 0 Å². The van der Waals surface area contributed by atoms with Gasteiger partial charge in [0, 0.05) is 35.6 Å².